The van der Waals surface area contributed by atoms with E-state index in [0.717, 1.165) is 0 Å². The fraction of sp³-hybridized carbons (Fsp3) is 0.0667. The van der Waals surface area contributed by atoms with E-state index in [1.807, 2.05) is 0 Å². The molecule has 0 unspecified atom stereocenters. The van der Waals surface area contributed by atoms with Crippen molar-refractivity contribution in [3.63, 3.8) is 0 Å². The second kappa shape index (κ2) is 5.24. The summed E-state index contributed by atoms with van der Waals surface area (Å²) in [6.07, 6.45) is 0. The van der Waals surface area contributed by atoms with E-state index in [1.54, 1.807) is 24.3 Å². The summed E-state index contributed by atoms with van der Waals surface area (Å²) in [5.74, 6) is -1.06. The van der Waals surface area contributed by atoms with Crippen molar-refractivity contribution in [1.29, 1.82) is 0 Å². The molecule has 0 aromatic heterocycles. The van der Waals surface area contributed by atoms with E-state index in [-0.39, 0.29) is 18.1 Å². The highest BCUT2D eigenvalue weighted by atomic mass is 19.1. The zero-order valence-corrected chi connectivity index (χ0v) is 10.9. The van der Waals surface area contributed by atoms with Gasteiger partial charge in [0.25, 0.3) is 11.8 Å². The fourth-order valence-electron chi connectivity index (χ4n) is 2.04. The molecule has 2 N–H and O–H groups in total. The lowest BCUT2D eigenvalue weighted by molar-refractivity contribution is -0.118. The lowest BCUT2D eigenvalue weighted by Gasteiger charge is -2.20. The van der Waals surface area contributed by atoms with Gasteiger partial charge in [0, 0.05) is 0 Å². The molecule has 3 rings (SSSR count). The molecule has 0 saturated carbocycles. The van der Waals surface area contributed by atoms with E-state index in [2.05, 4.69) is 10.6 Å². The first-order valence-electron chi connectivity index (χ1n) is 6.26. The smallest absolute Gasteiger partial charge is 0.262 e. The Morgan fingerprint density at radius 3 is 2.81 bits per heavy atom. The Morgan fingerprint density at radius 1 is 1.19 bits per heavy atom. The number of carbonyl (C=O) groups excluding carboxylic acids is 2. The molecule has 2 aromatic rings. The number of anilines is 2. The summed E-state index contributed by atoms with van der Waals surface area (Å²) in [6, 6.07) is 10.6. The number of rotatable bonds is 2. The number of ether oxygens (including phenoxy) is 1. The van der Waals surface area contributed by atoms with E-state index in [0.29, 0.717) is 17.1 Å². The van der Waals surface area contributed by atoms with E-state index in [9.17, 15) is 14.0 Å². The van der Waals surface area contributed by atoms with Crippen LogP contribution in [-0.2, 0) is 4.79 Å². The van der Waals surface area contributed by atoms with Gasteiger partial charge in [0.15, 0.2) is 6.61 Å². The number of halogens is 1. The fourth-order valence-corrected chi connectivity index (χ4v) is 2.04. The predicted octanol–water partition coefficient (Wildman–Crippen LogP) is 2.41. The molecule has 0 saturated heterocycles. The summed E-state index contributed by atoms with van der Waals surface area (Å²) >= 11 is 0. The quantitative estimate of drug-likeness (QED) is 0.891. The molecule has 2 amide bonds. The molecule has 2 aromatic carbocycles. The number of amides is 2. The molecular formula is C15H11FN2O3. The van der Waals surface area contributed by atoms with Gasteiger partial charge in [-0.1, -0.05) is 18.2 Å². The van der Waals surface area contributed by atoms with Crippen molar-refractivity contribution in [2.75, 3.05) is 17.2 Å². The minimum absolute atomic E-state index is 0.0712. The van der Waals surface area contributed by atoms with Crippen LogP contribution in [0.15, 0.2) is 42.5 Å². The van der Waals surface area contributed by atoms with Crippen molar-refractivity contribution in [3.05, 3.63) is 53.8 Å². The molecule has 21 heavy (non-hydrogen) atoms. The maximum absolute atomic E-state index is 13.6. The van der Waals surface area contributed by atoms with Crippen molar-refractivity contribution < 1.29 is 18.7 Å². The molecule has 1 heterocycles. The third-order valence-corrected chi connectivity index (χ3v) is 3.02. The predicted molar refractivity (Wildman–Crippen MR) is 74.9 cm³/mol. The summed E-state index contributed by atoms with van der Waals surface area (Å²) < 4.78 is 18.8. The first kappa shape index (κ1) is 13.1. The molecule has 6 heteroatoms. The van der Waals surface area contributed by atoms with Crippen molar-refractivity contribution >= 4 is 23.2 Å². The van der Waals surface area contributed by atoms with E-state index in [4.69, 9.17) is 4.74 Å². The lowest BCUT2D eigenvalue weighted by atomic mass is 10.1. The van der Waals surface area contributed by atoms with Gasteiger partial charge in [-0.15, -0.1) is 0 Å². The van der Waals surface area contributed by atoms with Crippen LogP contribution in [0.1, 0.15) is 10.4 Å². The van der Waals surface area contributed by atoms with Crippen LogP contribution < -0.4 is 15.4 Å². The largest absolute Gasteiger partial charge is 0.481 e. The van der Waals surface area contributed by atoms with Gasteiger partial charge in [-0.25, -0.2) is 4.39 Å². The van der Waals surface area contributed by atoms with Crippen LogP contribution in [0.4, 0.5) is 15.8 Å². The van der Waals surface area contributed by atoms with E-state index in [1.165, 1.54) is 18.2 Å². The Kier molecular flexibility index (Phi) is 3.27. The van der Waals surface area contributed by atoms with Gasteiger partial charge in [0.05, 0.1) is 11.3 Å². The number of hydrogen-bond acceptors (Lipinski definition) is 3. The molecule has 1 aliphatic rings. The van der Waals surface area contributed by atoms with Crippen LogP contribution in [0.3, 0.4) is 0 Å². The Hall–Kier alpha value is -2.89. The maximum atomic E-state index is 13.6. The average Bonchev–Trinajstić information content (AvgIpc) is 2.48. The normalized spacial score (nSPS) is 12.9. The summed E-state index contributed by atoms with van der Waals surface area (Å²) in [5, 5.41) is 5.20. The van der Waals surface area contributed by atoms with Gasteiger partial charge in [-0.05, 0) is 24.3 Å². The molecule has 1 aliphatic heterocycles. The van der Waals surface area contributed by atoms with Gasteiger partial charge in [-0.3, -0.25) is 9.59 Å². The lowest BCUT2D eigenvalue weighted by Crippen LogP contribution is -2.26. The molecular weight excluding hydrogens is 275 g/mol. The maximum Gasteiger partial charge on any atom is 0.262 e. The highest BCUT2D eigenvalue weighted by Crippen LogP contribution is 2.35. The van der Waals surface area contributed by atoms with Crippen LogP contribution in [0.5, 0.6) is 5.75 Å². The monoisotopic (exact) mass is 286 g/mol. The number of nitrogens with one attached hydrogen (secondary N) is 2. The zero-order valence-electron chi connectivity index (χ0n) is 10.9. The molecule has 0 spiro atoms. The van der Waals surface area contributed by atoms with Gasteiger partial charge in [0.2, 0.25) is 0 Å². The second-order valence-corrected chi connectivity index (χ2v) is 4.45. The minimum Gasteiger partial charge on any atom is -0.481 e. The number of hydrogen-bond donors (Lipinski definition) is 2. The summed E-state index contributed by atoms with van der Waals surface area (Å²) in [5.41, 5.74) is 0.658. The Morgan fingerprint density at radius 2 is 2.00 bits per heavy atom. The van der Waals surface area contributed by atoms with Crippen LogP contribution in [0, 0.1) is 5.82 Å². The number of carbonyl (C=O) groups is 2. The second-order valence-electron chi connectivity index (χ2n) is 4.45. The van der Waals surface area contributed by atoms with Gasteiger partial charge in [0.1, 0.15) is 17.3 Å². The summed E-state index contributed by atoms with van der Waals surface area (Å²) in [4.78, 5) is 23.5. The average molecular weight is 286 g/mol. The third kappa shape index (κ3) is 2.55. The SMILES string of the molecule is O=C1COc2cccc(NC(=O)c3ccccc3F)c2N1. The number of para-hydroxylation sites is 1. The third-order valence-electron chi connectivity index (χ3n) is 3.02. The Bertz CT molecular complexity index is 731. The molecule has 0 fully saturated rings. The molecule has 106 valence electrons. The van der Waals surface area contributed by atoms with Crippen molar-refractivity contribution in [2.45, 2.75) is 0 Å². The topological polar surface area (TPSA) is 67.4 Å². The van der Waals surface area contributed by atoms with Crippen LogP contribution >= 0.6 is 0 Å². The first-order chi connectivity index (χ1) is 10.1. The Balaban J connectivity index is 1.91. The van der Waals surface area contributed by atoms with Crippen LogP contribution in [0.2, 0.25) is 0 Å². The number of benzene rings is 2. The number of fused-ring (bicyclic) bond motifs is 1. The van der Waals surface area contributed by atoms with Gasteiger partial charge < -0.3 is 15.4 Å². The zero-order chi connectivity index (χ0) is 14.8. The van der Waals surface area contributed by atoms with Crippen LogP contribution in [0.25, 0.3) is 0 Å². The molecule has 5 nitrogen and oxygen atoms in total. The summed E-state index contributed by atoms with van der Waals surface area (Å²) in [6.45, 7) is -0.0717. The highest BCUT2D eigenvalue weighted by Gasteiger charge is 2.20. The van der Waals surface area contributed by atoms with Crippen LogP contribution in [-0.4, -0.2) is 18.4 Å². The van der Waals surface area contributed by atoms with Crippen molar-refractivity contribution in [2.24, 2.45) is 0 Å². The molecule has 0 radical (unpaired) electrons. The minimum atomic E-state index is -0.611. The van der Waals surface area contributed by atoms with Crippen molar-refractivity contribution in [3.8, 4) is 5.75 Å². The highest BCUT2D eigenvalue weighted by molar-refractivity contribution is 6.08. The standard InChI is InChI=1S/C15H11FN2O3/c16-10-5-2-1-4-9(10)15(20)17-11-6-3-7-12-14(11)18-13(19)8-21-12/h1-7H,8H2,(H,17,20)(H,18,19). The Labute approximate surface area is 119 Å². The van der Waals surface area contributed by atoms with Gasteiger partial charge in [-0.2, -0.15) is 0 Å². The van der Waals surface area contributed by atoms with E-state index < -0.39 is 11.7 Å². The van der Waals surface area contributed by atoms with E-state index >= 15 is 0 Å². The molecule has 0 atom stereocenters. The van der Waals surface area contributed by atoms with Crippen molar-refractivity contribution in [1.82, 2.24) is 0 Å². The first-order valence-corrected chi connectivity index (χ1v) is 6.26. The molecule has 0 bridgehead atoms. The molecule has 0 aliphatic carbocycles. The summed E-state index contributed by atoms with van der Waals surface area (Å²) in [7, 11) is 0. The van der Waals surface area contributed by atoms with Gasteiger partial charge >= 0.3 is 0 Å².